The van der Waals surface area contributed by atoms with E-state index in [1.165, 1.54) is 12.0 Å². The quantitative estimate of drug-likeness (QED) is 0.674. The van der Waals surface area contributed by atoms with Crippen LogP contribution < -0.4 is 0 Å². The van der Waals surface area contributed by atoms with E-state index < -0.39 is 0 Å². The van der Waals surface area contributed by atoms with Crippen LogP contribution >= 0.6 is 15.9 Å². The Labute approximate surface area is 68.6 Å². The predicted octanol–water partition coefficient (Wildman–Crippen LogP) is 2.54. The van der Waals surface area contributed by atoms with Crippen LogP contribution in [0.4, 0.5) is 0 Å². The molecule has 0 amide bonds. The van der Waals surface area contributed by atoms with Crippen molar-refractivity contribution >= 4 is 15.9 Å². The lowest BCUT2D eigenvalue weighted by atomic mass is 10.2. The predicted molar refractivity (Wildman–Crippen MR) is 43.6 cm³/mol. The van der Waals surface area contributed by atoms with Crippen LogP contribution in [0.15, 0.2) is 22.9 Å². The zero-order valence-electron chi connectivity index (χ0n) is 5.42. The summed E-state index contributed by atoms with van der Waals surface area (Å²) >= 11 is 3.38. The molecule has 10 heavy (non-hydrogen) atoms. The van der Waals surface area contributed by atoms with Gasteiger partial charge >= 0.3 is 0 Å². The second kappa shape index (κ2) is 2.35. The molecule has 0 saturated heterocycles. The first-order valence-corrected chi connectivity index (χ1v) is 4.09. The van der Waals surface area contributed by atoms with Crippen LogP contribution in [-0.2, 0) is 0 Å². The van der Waals surface area contributed by atoms with Gasteiger partial charge in [-0.2, -0.15) is 0 Å². The number of hydrogen-bond acceptors (Lipinski definition) is 1. The molecule has 1 aliphatic carbocycles. The first-order chi connectivity index (χ1) is 4.86. The topological polar surface area (TPSA) is 12.9 Å². The van der Waals surface area contributed by atoms with Crippen molar-refractivity contribution in [2.24, 2.45) is 0 Å². The number of pyridine rings is 1. The van der Waals surface area contributed by atoms with Crippen molar-refractivity contribution in [3.63, 3.8) is 0 Å². The lowest BCUT2D eigenvalue weighted by Gasteiger charge is -1.95. The molecule has 1 atom stereocenters. The molecule has 0 aliphatic heterocycles. The summed E-state index contributed by atoms with van der Waals surface area (Å²) in [4.78, 5) is 4.08. The van der Waals surface area contributed by atoms with Crippen LogP contribution in [0.5, 0.6) is 0 Å². The highest BCUT2D eigenvalue weighted by atomic mass is 79.9. The standard InChI is InChI=1S/C8H7BrN/c9-8-3-7(4-10-5-8)6-1-2-6/h1,3-6H,2H2. The Hall–Kier alpha value is -0.370. The van der Waals surface area contributed by atoms with Gasteiger partial charge in [0.2, 0.25) is 0 Å². The van der Waals surface area contributed by atoms with Gasteiger partial charge in [-0.15, -0.1) is 0 Å². The van der Waals surface area contributed by atoms with E-state index in [9.17, 15) is 0 Å². The fourth-order valence-electron chi connectivity index (χ4n) is 0.971. The van der Waals surface area contributed by atoms with Gasteiger partial charge in [0.05, 0.1) is 0 Å². The first kappa shape index (κ1) is 6.35. The van der Waals surface area contributed by atoms with Crippen molar-refractivity contribution in [1.29, 1.82) is 0 Å². The molecule has 0 aromatic carbocycles. The number of halogens is 1. The highest BCUT2D eigenvalue weighted by Gasteiger charge is 2.23. The smallest absolute Gasteiger partial charge is 0.0410 e. The van der Waals surface area contributed by atoms with Crippen molar-refractivity contribution in [3.8, 4) is 0 Å². The Morgan fingerprint density at radius 2 is 2.30 bits per heavy atom. The van der Waals surface area contributed by atoms with Crippen LogP contribution in [0.3, 0.4) is 0 Å². The van der Waals surface area contributed by atoms with Crippen molar-refractivity contribution < 1.29 is 0 Å². The Morgan fingerprint density at radius 1 is 1.50 bits per heavy atom. The molecule has 2 rings (SSSR count). The lowest BCUT2D eigenvalue weighted by molar-refractivity contribution is 1.11. The molecule has 51 valence electrons. The van der Waals surface area contributed by atoms with E-state index in [1.54, 1.807) is 0 Å². The molecule has 1 nitrogen and oxygen atoms in total. The average molecular weight is 197 g/mol. The maximum atomic E-state index is 4.08. The molecule has 1 heterocycles. The molecule has 2 heteroatoms. The van der Waals surface area contributed by atoms with Crippen LogP contribution in [0.1, 0.15) is 17.9 Å². The molecule has 1 unspecified atom stereocenters. The maximum absolute atomic E-state index is 4.08. The summed E-state index contributed by atoms with van der Waals surface area (Å²) in [7, 11) is 0. The van der Waals surface area contributed by atoms with E-state index >= 15 is 0 Å². The van der Waals surface area contributed by atoms with Gasteiger partial charge in [0.25, 0.3) is 0 Å². The fraction of sp³-hybridized carbons (Fsp3) is 0.250. The minimum Gasteiger partial charge on any atom is -0.263 e. The van der Waals surface area contributed by atoms with Crippen molar-refractivity contribution in [3.05, 3.63) is 34.9 Å². The Kier molecular flexibility index (Phi) is 1.49. The van der Waals surface area contributed by atoms with Gasteiger partial charge in [0.1, 0.15) is 0 Å². The van der Waals surface area contributed by atoms with Crippen LogP contribution in [0.2, 0.25) is 0 Å². The number of aromatic nitrogens is 1. The van der Waals surface area contributed by atoms with Gasteiger partial charge < -0.3 is 0 Å². The van der Waals surface area contributed by atoms with Crippen molar-refractivity contribution in [2.75, 3.05) is 0 Å². The number of nitrogens with zero attached hydrogens (tertiary/aromatic N) is 1. The third-order valence-corrected chi connectivity index (χ3v) is 2.06. The third kappa shape index (κ3) is 1.21. The van der Waals surface area contributed by atoms with Gasteiger partial charge in [-0.1, -0.05) is 0 Å². The molecule has 0 bridgehead atoms. The molecule has 1 aliphatic rings. The highest BCUT2D eigenvalue weighted by Crippen LogP contribution is 2.38. The van der Waals surface area contributed by atoms with Gasteiger partial charge in [0, 0.05) is 16.9 Å². The van der Waals surface area contributed by atoms with Crippen LogP contribution in [0, 0.1) is 6.42 Å². The molecule has 0 spiro atoms. The summed E-state index contributed by atoms with van der Waals surface area (Å²) in [6.07, 6.45) is 7.24. The Balaban J connectivity index is 2.32. The second-order valence-corrected chi connectivity index (χ2v) is 3.43. The summed E-state index contributed by atoms with van der Waals surface area (Å²) in [6.45, 7) is 0. The monoisotopic (exact) mass is 196 g/mol. The number of rotatable bonds is 1. The van der Waals surface area contributed by atoms with Crippen molar-refractivity contribution in [2.45, 2.75) is 12.3 Å². The minimum atomic E-state index is 0.685. The Morgan fingerprint density at radius 3 is 2.90 bits per heavy atom. The third-order valence-electron chi connectivity index (χ3n) is 1.63. The summed E-state index contributed by atoms with van der Waals surface area (Å²) in [6, 6.07) is 2.13. The summed E-state index contributed by atoms with van der Waals surface area (Å²) in [5.74, 6) is 0.685. The molecular weight excluding hydrogens is 190 g/mol. The molecule has 1 aromatic heterocycles. The zero-order valence-corrected chi connectivity index (χ0v) is 7.01. The summed E-state index contributed by atoms with van der Waals surface area (Å²) in [5.41, 5.74) is 1.33. The van der Waals surface area contributed by atoms with E-state index in [-0.39, 0.29) is 0 Å². The van der Waals surface area contributed by atoms with Gasteiger partial charge in [-0.05, 0) is 46.3 Å². The van der Waals surface area contributed by atoms with Crippen LogP contribution in [0.25, 0.3) is 0 Å². The summed E-state index contributed by atoms with van der Waals surface area (Å²) < 4.78 is 1.07. The molecule has 1 aromatic rings. The van der Waals surface area contributed by atoms with E-state index in [1.807, 2.05) is 12.4 Å². The largest absolute Gasteiger partial charge is 0.263 e. The molecule has 1 radical (unpaired) electrons. The average Bonchev–Trinajstić information content (AvgIpc) is 2.68. The fourth-order valence-corrected chi connectivity index (χ4v) is 1.35. The summed E-state index contributed by atoms with van der Waals surface area (Å²) in [5, 5.41) is 0. The van der Waals surface area contributed by atoms with Crippen LogP contribution in [-0.4, -0.2) is 4.98 Å². The molecule has 0 N–H and O–H groups in total. The minimum absolute atomic E-state index is 0.685. The highest BCUT2D eigenvalue weighted by molar-refractivity contribution is 9.10. The van der Waals surface area contributed by atoms with Gasteiger partial charge in [-0.3, -0.25) is 4.98 Å². The molecular formula is C8H7BrN. The molecule has 1 fully saturated rings. The van der Waals surface area contributed by atoms with Gasteiger partial charge in [-0.25, -0.2) is 0 Å². The Bertz CT molecular complexity index is 243. The molecule has 1 saturated carbocycles. The SMILES string of the molecule is Brc1cncc(C2[CH]C2)c1. The normalized spacial score (nSPS) is 17.3. The van der Waals surface area contributed by atoms with E-state index in [0.29, 0.717) is 5.92 Å². The van der Waals surface area contributed by atoms with Gasteiger partial charge in [0.15, 0.2) is 0 Å². The first-order valence-electron chi connectivity index (χ1n) is 3.30. The van der Waals surface area contributed by atoms with E-state index in [4.69, 9.17) is 0 Å². The van der Waals surface area contributed by atoms with E-state index in [0.717, 1.165) is 4.47 Å². The van der Waals surface area contributed by atoms with E-state index in [2.05, 4.69) is 33.4 Å². The zero-order chi connectivity index (χ0) is 6.97. The lowest BCUT2D eigenvalue weighted by Crippen LogP contribution is -1.80. The number of hydrogen-bond donors (Lipinski definition) is 0. The second-order valence-electron chi connectivity index (χ2n) is 2.51. The maximum Gasteiger partial charge on any atom is 0.0410 e. The van der Waals surface area contributed by atoms with Crippen molar-refractivity contribution in [1.82, 2.24) is 4.98 Å².